The van der Waals surface area contributed by atoms with Crippen molar-refractivity contribution in [1.82, 2.24) is 36.1 Å². The molecule has 0 spiro atoms. The first-order chi connectivity index (χ1) is 22.2. The number of rotatable bonds is 4. The minimum atomic E-state index is -0.606. The van der Waals surface area contributed by atoms with E-state index in [-0.39, 0.29) is 72.2 Å². The molecule has 12 nitrogen and oxygen atoms in total. The first-order valence-electron chi connectivity index (χ1n) is 16.0. The topological polar surface area (TPSA) is 159 Å². The van der Waals surface area contributed by atoms with E-state index < -0.39 is 18.0 Å². The second-order valence-corrected chi connectivity index (χ2v) is 13.1. The van der Waals surface area contributed by atoms with Crippen LogP contribution < -0.4 is 21.3 Å². The third kappa shape index (κ3) is 9.39. The fourth-order valence-electron chi connectivity index (χ4n) is 5.84. The highest BCUT2D eigenvalue weighted by Crippen LogP contribution is 2.27. The van der Waals surface area contributed by atoms with Gasteiger partial charge in [-0.2, -0.15) is 0 Å². The van der Waals surface area contributed by atoms with E-state index in [1.165, 1.54) is 11.3 Å². The van der Waals surface area contributed by atoms with Gasteiger partial charge in [-0.1, -0.05) is 44.2 Å². The summed E-state index contributed by atoms with van der Waals surface area (Å²) in [5, 5.41) is 14.6. The zero-order chi connectivity index (χ0) is 32.6. The number of hydrogen-bond donors (Lipinski definition) is 4. The van der Waals surface area contributed by atoms with Crippen molar-refractivity contribution in [2.75, 3.05) is 32.7 Å². The first-order valence-corrected chi connectivity index (χ1v) is 16.9. The lowest BCUT2D eigenvalue weighted by Gasteiger charge is -2.30. The van der Waals surface area contributed by atoms with E-state index >= 15 is 0 Å². The van der Waals surface area contributed by atoms with Crippen molar-refractivity contribution in [2.24, 2.45) is 11.8 Å². The van der Waals surface area contributed by atoms with Crippen LogP contribution in [0.15, 0.2) is 40.1 Å². The van der Waals surface area contributed by atoms with Crippen molar-refractivity contribution in [2.45, 2.75) is 65.0 Å². The number of amides is 4. The zero-order valence-corrected chi connectivity index (χ0v) is 28.7. The summed E-state index contributed by atoms with van der Waals surface area (Å²) in [6.07, 6.45) is 2.56. The van der Waals surface area contributed by atoms with Crippen LogP contribution in [0.25, 0.3) is 0 Å². The Balaban J connectivity index is 0.00000500. The number of thiazole rings is 1. The van der Waals surface area contributed by atoms with Gasteiger partial charge in [-0.15, -0.1) is 23.7 Å². The molecule has 1 fully saturated rings. The van der Waals surface area contributed by atoms with Crippen molar-refractivity contribution in [3.8, 4) is 0 Å². The van der Waals surface area contributed by atoms with Crippen molar-refractivity contribution in [3.05, 3.63) is 69.3 Å². The molecule has 2 atom stereocenters. The fourth-order valence-corrected chi connectivity index (χ4v) is 6.86. The summed E-state index contributed by atoms with van der Waals surface area (Å²) in [4.78, 5) is 64.2. The van der Waals surface area contributed by atoms with Crippen molar-refractivity contribution < 1.29 is 23.6 Å². The number of halogens is 1. The fraction of sp³-hybridized carbons (Fsp3) is 0.515. The Kier molecular flexibility index (Phi) is 12.9. The van der Waals surface area contributed by atoms with Crippen molar-refractivity contribution >= 4 is 47.4 Å². The third-order valence-electron chi connectivity index (χ3n) is 8.42. The molecule has 0 saturated carbocycles. The number of aromatic nitrogens is 2. The normalized spacial score (nSPS) is 20.5. The number of carbonyl (C=O) groups excluding carboxylic acids is 4. The summed E-state index contributed by atoms with van der Waals surface area (Å²) in [6, 6.07) is 8.63. The van der Waals surface area contributed by atoms with Gasteiger partial charge >= 0.3 is 0 Å². The highest BCUT2D eigenvalue weighted by Gasteiger charge is 2.30. The number of nitrogens with zero attached hydrogens (tertiary/aromatic N) is 3. The van der Waals surface area contributed by atoms with Crippen LogP contribution in [0.5, 0.6) is 0 Å². The molecule has 4 amide bonds. The van der Waals surface area contributed by atoms with E-state index in [0.29, 0.717) is 36.7 Å². The van der Waals surface area contributed by atoms with E-state index in [4.69, 9.17) is 4.42 Å². The van der Waals surface area contributed by atoms with E-state index in [9.17, 15) is 19.2 Å². The summed E-state index contributed by atoms with van der Waals surface area (Å²) in [5.74, 6) is -0.474. The Morgan fingerprint density at radius 2 is 1.77 bits per heavy atom. The second kappa shape index (κ2) is 16.8. The highest BCUT2D eigenvalue weighted by molar-refractivity contribution is 7.09. The molecule has 1 saturated heterocycles. The van der Waals surface area contributed by atoms with Crippen LogP contribution in [0.4, 0.5) is 0 Å². The molecule has 254 valence electrons. The monoisotopic (exact) mass is 685 g/mol. The molecule has 47 heavy (non-hydrogen) atoms. The van der Waals surface area contributed by atoms with Gasteiger partial charge in [0.15, 0.2) is 5.69 Å². The van der Waals surface area contributed by atoms with Gasteiger partial charge < -0.3 is 30.6 Å². The predicted octanol–water partition coefficient (Wildman–Crippen LogP) is 3.74. The summed E-state index contributed by atoms with van der Waals surface area (Å²) < 4.78 is 6.01. The van der Waals surface area contributed by atoms with Crippen molar-refractivity contribution in [1.29, 1.82) is 0 Å². The van der Waals surface area contributed by atoms with E-state index in [2.05, 4.69) is 31.2 Å². The lowest BCUT2D eigenvalue weighted by molar-refractivity contribution is -0.136. The number of piperidine rings is 1. The van der Waals surface area contributed by atoms with Gasteiger partial charge in [0.05, 0.1) is 6.04 Å². The molecule has 2 aromatic heterocycles. The molecule has 1 aromatic carbocycles. The minimum Gasteiger partial charge on any atom is -0.443 e. The van der Waals surface area contributed by atoms with Crippen LogP contribution in [-0.2, 0) is 16.0 Å². The second-order valence-electron chi connectivity index (χ2n) is 12.2. The molecular weight excluding hydrogens is 642 g/mol. The summed E-state index contributed by atoms with van der Waals surface area (Å²) in [5.41, 5.74) is 1.36. The quantitative estimate of drug-likeness (QED) is 0.323. The molecule has 4 heterocycles. The van der Waals surface area contributed by atoms with Gasteiger partial charge in [0, 0.05) is 43.8 Å². The Morgan fingerprint density at radius 1 is 1.02 bits per heavy atom. The number of benzene rings is 1. The number of nitrogens with one attached hydrogen (secondary N) is 4. The van der Waals surface area contributed by atoms with E-state index in [1.807, 2.05) is 44.2 Å². The minimum absolute atomic E-state index is 0. The maximum Gasteiger partial charge on any atom is 0.274 e. The van der Waals surface area contributed by atoms with Crippen LogP contribution in [0.2, 0.25) is 0 Å². The maximum atomic E-state index is 13.5. The van der Waals surface area contributed by atoms with Crippen LogP contribution in [0, 0.1) is 18.8 Å². The predicted molar refractivity (Wildman–Crippen MR) is 180 cm³/mol. The Hall–Kier alpha value is -3.81. The lowest BCUT2D eigenvalue weighted by Crippen LogP contribution is -2.44. The Labute approximate surface area is 285 Å². The van der Waals surface area contributed by atoms with Gasteiger partial charge in [-0.05, 0) is 50.8 Å². The lowest BCUT2D eigenvalue weighted by atomic mass is 9.96. The van der Waals surface area contributed by atoms with Gasteiger partial charge in [0.2, 0.25) is 17.7 Å². The maximum absolute atomic E-state index is 13.5. The number of oxazole rings is 1. The summed E-state index contributed by atoms with van der Waals surface area (Å²) >= 11 is 1.30. The van der Waals surface area contributed by atoms with E-state index in [1.54, 1.807) is 17.2 Å². The highest BCUT2D eigenvalue weighted by atomic mass is 35.5. The SMILES string of the molecule is Cc1oc2nc1C(=O)NC(C(C)C)c1nc(cs1)C(=O)NCCN(C(=O)C1CCNCC1)CCCC(=O)N[C@H]2Cc1ccccc1.Cl. The van der Waals surface area contributed by atoms with E-state index in [0.717, 1.165) is 31.5 Å². The molecule has 0 aliphatic carbocycles. The van der Waals surface area contributed by atoms with Gasteiger partial charge in [0.25, 0.3) is 11.8 Å². The third-order valence-corrected chi connectivity index (χ3v) is 9.35. The molecule has 2 aliphatic rings. The van der Waals surface area contributed by atoms with Gasteiger partial charge in [0.1, 0.15) is 22.5 Å². The molecule has 1 unspecified atom stereocenters. The first kappa shape index (κ1) is 36.0. The standard InChI is InChI=1S/C33H43N7O5S.ClH/c1-20(2)27-32-37-25(19-46-32)29(42)35-15-17-40(33(44)23-11-13-34-14-12-23)16-7-10-26(41)36-24(18-22-8-5-4-6-9-22)31-39-28(21(3)45-31)30(43)38-27;/h4-6,8-9,19-20,23-24,27,34H,7,10-18H2,1-3H3,(H,35,42)(H,36,41)(H,38,43);1H/t24-,27?;/m0./s1. The number of aryl methyl sites for hydroxylation is 1. The molecule has 14 heteroatoms. The smallest absolute Gasteiger partial charge is 0.274 e. The summed E-state index contributed by atoms with van der Waals surface area (Å²) in [7, 11) is 0. The molecular formula is C33H44ClN7O5S. The van der Waals surface area contributed by atoms with Crippen LogP contribution in [0.3, 0.4) is 0 Å². The molecule has 5 rings (SSSR count). The number of hydrogen-bond acceptors (Lipinski definition) is 9. The van der Waals surface area contributed by atoms with Gasteiger partial charge in [-0.3, -0.25) is 19.2 Å². The molecule has 4 N–H and O–H groups in total. The molecule has 4 bridgehead atoms. The van der Waals surface area contributed by atoms with Crippen molar-refractivity contribution in [3.63, 3.8) is 0 Å². The van der Waals surface area contributed by atoms with Crippen LogP contribution >= 0.6 is 23.7 Å². The molecule has 3 aromatic rings. The largest absolute Gasteiger partial charge is 0.443 e. The molecule has 0 radical (unpaired) electrons. The number of fused-ring (bicyclic) bond motifs is 4. The Bertz CT molecular complexity index is 1520. The molecule has 2 aliphatic heterocycles. The van der Waals surface area contributed by atoms with Crippen LogP contribution in [0.1, 0.15) is 94.8 Å². The summed E-state index contributed by atoms with van der Waals surface area (Å²) in [6.45, 7) is 8.14. The zero-order valence-electron chi connectivity index (χ0n) is 27.0. The van der Waals surface area contributed by atoms with Gasteiger partial charge in [-0.25, -0.2) is 9.97 Å². The average Bonchev–Trinajstić information content (AvgIpc) is 3.70. The average molecular weight is 686 g/mol. The van der Waals surface area contributed by atoms with Crippen LogP contribution in [-0.4, -0.2) is 71.2 Å². The number of carbonyl (C=O) groups is 4. The Morgan fingerprint density at radius 3 is 2.49 bits per heavy atom.